The van der Waals surface area contributed by atoms with Gasteiger partial charge in [-0.1, -0.05) is 41.6 Å². The van der Waals surface area contributed by atoms with Gasteiger partial charge < -0.3 is 4.98 Å². The fourth-order valence-corrected chi connectivity index (χ4v) is 3.58. The van der Waals surface area contributed by atoms with Gasteiger partial charge in [0.15, 0.2) is 5.16 Å². The lowest BCUT2D eigenvalue weighted by Gasteiger charge is -2.07. The number of aromatic amines is 1. The lowest BCUT2D eigenvalue weighted by atomic mass is 10.2. The summed E-state index contributed by atoms with van der Waals surface area (Å²) in [5.41, 5.74) is 4.53. The van der Waals surface area contributed by atoms with E-state index >= 15 is 0 Å². The maximum absolute atomic E-state index is 4.63. The van der Waals surface area contributed by atoms with Gasteiger partial charge in [0.1, 0.15) is 5.82 Å². The van der Waals surface area contributed by atoms with Crippen LogP contribution < -0.4 is 0 Å². The first-order valence-corrected chi connectivity index (χ1v) is 8.95. The highest BCUT2D eigenvalue weighted by Gasteiger charge is 2.07. The second-order valence-corrected chi connectivity index (χ2v) is 6.78. The summed E-state index contributed by atoms with van der Waals surface area (Å²) in [5.74, 6) is 1.96. The number of hydrogen-bond donors (Lipinski definition) is 1. The average molecular weight is 334 g/mol. The van der Waals surface area contributed by atoms with Gasteiger partial charge in [0.25, 0.3) is 0 Å². The van der Waals surface area contributed by atoms with Gasteiger partial charge in [0.2, 0.25) is 0 Å². The first kappa shape index (κ1) is 15.0. The Balaban J connectivity index is 1.45. The van der Waals surface area contributed by atoms with E-state index in [0.717, 1.165) is 39.9 Å². The summed E-state index contributed by atoms with van der Waals surface area (Å²) >= 11 is 1.75. The molecule has 120 valence electrons. The Hall–Kier alpha value is -2.53. The highest BCUT2D eigenvalue weighted by Crippen LogP contribution is 2.22. The molecule has 0 spiro atoms. The van der Waals surface area contributed by atoms with Crippen molar-refractivity contribution < 1.29 is 0 Å². The van der Waals surface area contributed by atoms with Crippen LogP contribution in [0.1, 0.15) is 11.4 Å². The molecule has 1 N–H and O–H groups in total. The Morgan fingerprint density at radius 2 is 1.92 bits per heavy atom. The van der Waals surface area contributed by atoms with E-state index in [4.69, 9.17) is 0 Å². The molecule has 4 aromatic rings. The quantitative estimate of drug-likeness (QED) is 0.551. The monoisotopic (exact) mass is 334 g/mol. The number of H-pyrrole nitrogens is 1. The molecule has 0 aliphatic rings. The minimum Gasteiger partial charge on any atom is -0.342 e. The number of rotatable bonds is 5. The second-order valence-electron chi connectivity index (χ2n) is 5.71. The zero-order valence-corrected chi connectivity index (χ0v) is 14.3. The Morgan fingerprint density at radius 1 is 1.08 bits per heavy atom. The van der Waals surface area contributed by atoms with Crippen molar-refractivity contribution in [2.45, 2.75) is 18.5 Å². The number of para-hydroxylation sites is 2. The number of aromatic nitrogens is 4. The maximum atomic E-state index is 4.63. The lowest BCUT2D eigenvalue weighted by Crippen LogP contribution is -1.97. The summed E-state index contributed by atoms with van der Waals surface area (Å²) in [6.07, 6.45) is 4.75. The summed E-state index contributed by atoms with van der Waals surface area (Å²) in [4.78, 5) is 12.5. The molecule has 0 aliphatic heterocycles. The highest BCUT2D eigenvalue weighted by atomic mass is 32.2. The standard InChI is InChI=1S/C19H18N4S/c1-14-6-8-15(9-7-14)23-12-11-20-19(23)24-13-10-18-21-16-4-2-3-5-17(16)22-18/h2-9,11-12H,10,13H2,1H3,(H,21,22). The molecule has 24 heavy (non-hydrogen) atoms. The van der Waals surface area contributed by atoms with Gasteiger partial charge in [-0.25, -0.2) is 9.97 Å². The van der Waals surface area contributed by atoms with Gasteiger partial charge in [0.05, 0.1) is 11.0 Å². The van der Waals surface area contributed by atoms with Gasteiger partial charge >= 0.3 is 0 Å². The molecule has 2 aromatic carbocycles. The summed E-state index contributed by atoms with van der Waals surface area (Å²) in [7, 11) is 0. The Bertz CT molecular complexity index is 920. The fourth-order valence-electron chi connectivity index (χ4n) is 2.66. The molecule has 0 radical (unpaired) electrons. The lowest BCUT2D eigenvalue weighted by molar-refractivity contribution is 0.891. The highest BCUT2D eigenvalue weighted by molar-refractivity contribution is 7.99. The van der Waals surface area contributed by atoms with Crippen molar-refractivity contribution in [1.29, 1.82) is 0 Å². The Morgan fingerprint density at radius 3 is 2.75 bits per heavy atom. The van der Waals surface area contributed by atoms with Gasteiger partial charge in [-0.05, 0) is 31.2 Å². The SMILES string of the molecule is Cc1ccc(-n2ccnc2SCCc2nc3ccccc3[nH]2)cc1. The molecule has 4 rings (SSSR count). The molecule has 2 aromatic heterocycles. The zero-order valence-electron chi connectivity index (χ0n) is 13.4. The normalized spacial score (nSPS) is 11.2. The first-order chi connectivity index (χ1) is 11.8. The van der Waals surface area contributed by atoms with Crippen molar-refractivity contribution in [1.82, 2.24) is 19.5 Å². The van der Waals surface area contributed by atoms with E-state index in [0.29, 0.717) is 0 Å². The van der Waals surface area contributed by atoms with Crippen LogP contribution in [0.15, 0.2) is 66.1 Å². The van der Waals surface area contributed by atoms with Crippen molar-refractivity contribution >= 4 is 22.8 Å². The van der Waals surface area contributed by atoms with Crippen molar-refractivity contribution in [2.24, 2.45) is 0 Å². The molecule has 0 atom stereocenters. The van der Waals surface area contributed by atoms with E-state index in [2.05, 4.69) is 56.8 Å². The van der Waals surface area contributed by atoms with Crippen LogP contribution in [0.2, 0.25) is 0 Å². The number of nitrogens with one attached hydrogen (secondary N) is 1. The first-order valence-electron chi connectivity index (χ1n) is 7.96. The van der Waals surface area contributed by atoms with Crippen LogP contribution in [0.3, 0.4) is 0 Å². The van der Waals surface area contributed by atoms with Crippen molar-refractivity contribution in [3.63, 3.8) is 0 Å². The molecule has 0 bridgehead atoms. The van der Waals surface area contributed by atoms with E-state index in [1.165, 1.54) is 5.56 Å². The third-order valence-corrected chi connectivity index (χ3v) is 4.90. The summed E-state index contributed by atoms with van der Waals surface area (Å²) < 4.78 is 2.13. The Labute approximate surface area is 145 Å². The van der Waals surface area contributed by atoms with E-state index in [-0.39, 0.29) is 0 Å². The third kappa shape index (κ3) is 3.08. The molecule has 0 saturated heterocycles. The molecule has 0 saturated carbocycles. The summed E-state index contributed by atoms with van der Waals surface area (Å²) in [6.45, 7) is 2.10. The van der Waals surface area contributed by atoms with Crippen LogP contribution in [0, 0.1) is 6.92 Å². The molecule has 0 fully saturated rings. The number of nitrogens with zero attached hydrogens (tertiary/aromatic N) is 3. The maximum Gasteiger partial charge on any atom is 0.172 e. The number of benzene rings is 2. The number of aryl methyl sites for hydroxylation is 2. The largest absolute Gasteiger partial charge is 0.342 e. The Kier molecular flexibility index (Phi) is 4.09. The zero-order chi connectivity index (χ0) is 16.4. The van der Waals surface area contributed by atoms with Crippen molar-refractivity contribution in [3.8, 4) is 5.69 Å². The van der Waals surface area contributed by atoms with Crippen LogP contribution in [0.25, 0.3) is 16.7 Å². The van der Waals surface area contributed by atoms with Crippen molar-refractivity contribution in [2.75, 3.05) is 5.75 Å². The van der Waals surface area contributed by atoms with Gasteiger partial charge in [-0.15, -0.1) is 0 Å². The number of fused-ring (bicyclic) bond motifs is 1. The molecule has 4 nitrogen and oxygen atoms in total. The molecule has 5 heteroatoms. The summed E-state index contributed by atoms with van der Waals surface area (Å²) in [6, 6.07) is 16.6. The van der Waals surface area contributed by atoms with Crippen LogP contribution in [-0.4, -0.2) is 25.3 Å². The molecule has 2 heterocycles. The minimum atomic E-state index is 0.889. The van der Waals surface area contributed by atoms with Gasteiger partial charge in [0, 0.05) is 30.3 Å². The van der Waals surface area contributed by atoms with Crippen LogP contribution in [-0.2, 0) is 6.42 Å². The molecular weight excluding hydrogens is 316 g/mol. The van der Waals surface area contributed by atoms with E-state index < -0.39 is 0 Å². The second kappa shape index (κ2) is 6.53. The van der Waals surface area contributed by atoms with Crippen LogP contribution in [0.5, 0.6) is 0 Å². The fraction of sp³-hybridized carbons (Fsp3) is 0.158. The van der Waals surface area contributed by atoms with E-state index in [1.807, 2.05) is 30.6 Å². The molecule has 0 amide bonds. The molecule has 0 aliphatic carbocycles. The smallest absolute Gasteiger partial charge is 0.172 e. The molecular formula is C19H18N4S. The predicted molar refractivity (Wildman–Crippen MR) is 98.8 cm³/mol. The molecule has 0 unspecified atom stereocenters. The van der Waals surface area contributed by atoms with Gasteiger partial charge in [-0.2, -0.15) is 0 Å². The van der Waals surface area contributed by atoms with Crippen LogP contribution >= 0.6 is 11.8 Å². The summed E-state index contributed by atoms with van der Waals surface area (Å²) in [5, 5.41) is 1.01. The van der Waals surface area contributed by atoms with Crippen LogP contribution in [0.4, 0.5) is 0 Å². The number of hydrogen-bond acceptors (Lipinski definition) is 3. The average Bonchev–Trinajstić information content (AvgIpc) is 3.22. The third-order valence-electron chi connectivity index (χ3n) is 3.93. The minimum absolute atomic E-state index is 0.889. The van der Waals surface area contributed by atoms with Crippen molar-refractivity contribution in [3.05, 3.63) is 72.3 Å². The van der Waals surface area contributed by atoms with Gasteiger partial charge in [-0.3, -0.25) is 4.57 Å². The predicted octanol–water partition coefficient (Wildman–Crippen LogP) is 4.39. The number of imidazole rings is 2. The number of thioether (sulfide) groups is 1. The van der Waals surface area contributed by atoms with E-state index in [1.54, 1.807) is 11.8 Å². The van der Waals surface area contributed by atoms with E-state index in [9.17, 15) is 0 Å². The topological polar surface area (TPSA) is 46.5 Å².